The van der Waals surface area contributed by atoms with E-state index in [1.54, 1.807) is 0 Å². The number of hydrogen-bond donors (Lipinski definition) is 2. The number of sulfonamides is 1. The lowest BCUT2D eigenvalue weighted by Gasteiger charge is -2.32. The summed E-state index contributed by atoms with van der Waals surface area (Å²) in [5.41, 5.74) is 0.313. The molecule has 0 spiro atoms. The van der Waals surface area contributed by atoms with Gasteiger partial charge in [0.15, 0.2) is 9.84 Å². The highest BCUT2D eigenvalue weighted by molar-refractivity contribution is 7.92. The van der Waals surface area contributed by atoms with Gasteiger partial charge in [0.05, 0.1) is 21.0 Å². The van der Waals surface area contributed by atoms with Crippen LogP contribution in [0.4, 0.5) is 11.4 Å². The molecule has 8 nitrogen and oxygen atoms in total. The van der Waals surface area contributed by atoms with Gasteiger partial charge in [0.2, 0.25) is 0 Å². The first kappa shape index (κ1) is 29.1. The molecule has 3 aromatic rings. The molecule has 1 aliphatic heterocycles. The fraction of sp³-hybridized carbons (Fsp3) is 0.222. The average molecular weight is 609 g/mol. The monoisotopic (exact) mass is 607 g/mol. The van der Waals surface area contributed by atoms with Gasteiger partial charge < -0.3 is 5.32 Å². The molecular weight excluding hydrogens is 581 g/mol. The molecule has 1 atom stereocenters. The Kier molecular flexibility index (Phi) is 9.03. The molecule has 0 aromatic heterocycles. The van der Waals surface area contributed by atoms with E-state index >= 15 is 0 Å². The van der Waals surface area contributed by atoms with Crippen LogP contribution in [0, 0.1) is 0 Å². The van der Waals surface area contributed by atoms with E-state index in [4.69, 9.17) is 23.2 Å². The number of hydrogen-bond acceptors (Lipinski definition) is 6. The van der Waals surface area contributed by atoms with E-state index in [1.807, 2.05) is 4.90 Å². The number of anilines is 2. The minimum atomic E-state index is -4.02. The zero-order chi connectivity index (χ0) is 28.2. The number of benzene rings is 3. The van der Waals surface area contributed by atoms with Crippen molar-refractivity contribution in [2.45, 2.75) is 34.4 Å². The highest BCUT2D eigenvalue weighted by Gasteiger charge is 2.31. The van der Waals surface area contributed by atoms with E-state index in [9.17, 15) is 21.6 Å². The van der Waals surface area contributed by atoms with Crippen LogP contribution in [0.3, 0.4) is 0 Å². The summed E-state index contributed by atoms with van der Waals surface area (Å²) in [6.07, 6.45) is 4.40. The van der Waals surface area contributed by atoms with Gasteiger partial charge in [-0.3, -0.25) is 14.4 Å². The van der Waals surface area contributed by atoms with Gasteiger partial charge in [-0.25, -0.2) is 16.8 Å². The number of amides is 1. The summed E-state index contributed by atoms with van der Waals surface area (Å²) >= 11 is 12.0. The number of sulfone groups is 1. The number of likely N-dealkylation sites (tertiary alicyclic amines) is 1. The summed E-state index contributed by atoms with van der Waals surface area (Å²) < 4.78 is 54.7. The second-order valence-corrected chi connectivity index (χ2v) is 13.6. The topological polar surface area (TPSA) is 113 Å². The third-order valence-corrected chi connectivity index (χ3v) is 10.2. The molecule has 206 valence electrons. The second kappa shape index (κ2) is 12.1. The van der Waals surface area contributed by atoms with Gasteiger partial charge in [-0.1, -0.05) is 35.7 Å². The molecule has 0 saturated carbocycles. The molecule has 2 N–H and O–H groups in total. The maximum absolute atomic E-state index is 13.3. The number of piperidine rings is 1. The number of nitrogens with zero attached hydrogens (tertiary/aromatic N) is 1. The van der Waals surface area contributed by atoms with Crippen LogP contribution in [-0.4, -0.2) is 46.1 Å². The normalized spacial score (nSPS) is 15.3. The lowest BCUT2D eigenvalue weighted by Crippen LogP contribution is -2.42. The highest BCUT2D eigenvalue weighted by Crippen LogP contribution is 2.27. The average Bonchev–Trinajstić information content (AvgIpc) is 2.91. The summed E-state index contributed by atoms with van der Waals surface area (Å²) in [4.78, 5) is 15.1. The maximum Gasteiger partial charge on any atom is 0.261 e. The van der Waals surface area contributed by atoms with Crippen molar-refractivity contribution in [3.63, 3.8) is 0 Å². The predicted molar refractivity (Wildman–Crippen MR) is 155 cm³/mol. The Balaban J connectivity index is 1.53. The van der Waals surface area contributed by atoms with Gasteiger partial charge in [-0.2, -0.15) is 0 Å². The van der Waals surface area contributed by atoms with Gasteiger partial charge in [-0.05, 0) is 92.7 Å². The van der Waals surface area contributed by atoms with E-state index in [0.29, 0.717) is 23.8 Å². The molecule has 4 rings (SSSR count). The number of carbonyl (C=O) groups excluding carboxylic acids is 1. The molecule has 1 aliphatic rings. The van der Waals surface area contributed by atoms with Crippen LogP contribution in [0.2, 0.25) is 10.0 Å². The fourth-order valence-corrected chi connectivity index (χ4v) is 7.35. The van der Waals surface area contributed by atoms with Crippen molar-refractivity contribution in [1.29, 1.82) is 0 Å². The molecule has 0 aliphatic carbocycles. The van der Waals surface area contributed by atoms with Crippen LogP contribution in [0.25, 0.3) is 0 Å². The molecule has 1 fully saturated rings. The summed E-state index contributed by atoms with van der Waals surface area (Å²) in [5, 5.41) is 2.44. The summed E-state index contributed by atoms with van der Waals surface area (Å²) in [7, 11) is -7.74. The van der Waals surface area contributed by atoms with Gasteiger partial charge >= 0.3 is 0 Å². The third-order valence-electron chi connectivity index (χ3n) is 6.31. The van der Waals surface area contributed by atoms with Crippen molar-refractivity contribution < 1.29 is 21.6 Å². The van der Waals surface area contributed by atoms with Crippen LogP contribution in [0.15, 0.2) is 89.2 Å². The number of rotatable bonds is 9. The summed E-state index contributed by atoms with van der Waals surface area (Å²) in [6, 6.07) is 15.6. The van der Waals surface area contributed by atoms with Crippen molar-refractivity contribution >= 4 is 60.3 Å². The van der Waals surface area contributed by atoms with Gasteiger partial charge in [0.1, 0.15) is 5.37 Å². The lowest BCUT2D eigenvalue weighted by atomic mass is 10.1. The van der Waals surface area contributed by atoms with E-state index in [1.165, 1.54) is 72.8 Å². The number of carbonyl (C=O) groups is 1. The minimum Gasteiger partial charge on any atom is -0.322 e. The minimum absolute atomic E-state index is 0.0152. The number of halogens is 2. The standard InChI is InChI=1S/C27H27Cl2N3O5S2/c1-2-26(32-16-4-3-5-17-32)38(34,35)22-13-9-21(10-14-22)30-27(33)24-18-20(29)8-15-25(24)31-39(36,37)23-11-6-19(28)7-12-23/h2,6-15,18,26,31H,1,3-5,16-17H2,(H,30,33). The third kappa shape index (κ3) is 6.82. The molecule has 1 amide bonds. The summed E-state index contributed by atoms with van der Waals surface area (Å²) in [6.45, 7) is 5.12. The smallest absolute Gasteiger partial charge is 0.261 e. The van der Waals surface area contributed by atoms with Crippen molar-refractivity contribution in [2.75, 3.05) is 23.1 Å². The Morgan fingerprint density at radius 1 is 0.846 bits per heavy atom. The molecule has 3 aromatic carbocycles. The van der Waals surface area contributed by atoms with E-state index < -0.39 is 31.1 Å². The van der Waals surface area contributed by atoms with Gasteiger partial charge in [-0.15, -0.1) is 6.58 Å². The fourth-order valence-electron chi connectivity index (χ4n) is 4.32. The highest BCUT2D eigenvalue weighted by atomic mass is 35.5. The molecule has 0 bridgehead atoms. The molecule has 39 heavy (non-hydrogen) atoms. The van der Waals surface area contributed by atoms with Gasteiger partial charge in [0, 0.05) is 15.7 Å². The quantitative estimate of drug-likeness (QED) is 0.296. The van der Waals surface area contributed by atoms with Crippen LogP contribution in [0.1, 0.15) is 29.6 Å². The van der Waals surface area contributed by atoms with Gasteiger partial charge in [0.25, 0.3) is 15.9 Å². The van der Waals surface area contributed by atoms with E-state index in [2.05, 4.69) is 16.6 Å². The number of nitrogens with one attached hydrogen (secondary N) is 2. The Morgan fingerprint density at radius 2 is 1.44 bits per heavy atom. The largest absolute Gasteiger partial charge is 0.322 e. The Morgan fingerprint density at radius 3 is 2.05 bits per heavy atom. The maximum atomic E-state index is 13.3. The molecular formula is C27H27Cl2N3O5S2. The van der Waals surface area contributed by atoms with Crippen LogP contribution in [0.5, 0.6) is 0 Å². The zero-order valence-corrected chi connectivity index (χ0v) is 24.0. The van der Waals surface area contributed by atoms with Crippen LogP contribution in [-0.2, 0) is 19.9 Å². The second-order valence-electron chi connectivity index (χ2n) is 9.00. The summed E-state index contributed by atoms with van der Waals surface area (Å²) in [5.74, 6) is -0.640. The van der Waals surface area contributed by atoms with E-state index in [-0.39, 0.29) is 26.1 Å². The molecule has 1 saturated heterocycles. The first-order valence-corrected chi connectivity index (χ1v) is 15.9. The Hall–Kier alpha value is -2.89. The van der Waals surface area contributed by atoms with Crippen molar-refractivity contribution in [2.24, 2.45) is 0 Å². The zero-order valence-electron chi connectivity index (χ0n) is 20.8. The lowest BCUT2D eigenvalue weighted by molar-refractivity contribution is 0.102. The Labute approximate surface area is 238 Å². The predicted octanol–water partition coefficient (Wildman–Crippen LogP) is 5.82. The molecule has 12 heteroatoms. The Bertz CT molecular complexity index is 1570. The molecule has 0 radical (unpaired) electrons. The van der Waals surface area contributed by atoms with Crippen LogP contribution < -0.4 is 10.0 Å². The van der Waals surface area contributed by atoms with Crippen molar-refractivity contribution in [1.82, 2.24) is 4.90 Å². The van der Waals surface area contributed by atoms with Crippen molar-refractivity contribution in [3.8, 4) is 0 Å². The van der Waals surface area contributed by atoms with Crippen molar-refractivity contribution in [3.05, 3.63) is 95.0 Å². The first-order valence-electron chi connectivity index (χ1n) is 12.1. The molecule has 1 unspecified atom stereocenters. The van der Waals surface area contributed by atoms with E-state index in [0.717, 1.165) is 19.3 Å². The van der Waals surface area contributed by atoms with Crippen LogP contribution >= 0.6 is 23.2 Å². The first-order chi connectivity index (χ1) is 18.5. The molecule has 1 heterocycles. The SMILES string of the molecule is C=CC(N1CCCCC1)S(=O)(=O)c1ccc(NC(=O)c2cc(Cl)ccc2NS(=O)(=O)c2ccc(Cl)cc2)cc1.